The average molecular weight is 375 g/mol. The summed E-state index contributed by atoms with van der Waals surface area (Å²) in [5.41, 5.74) is 3.22. The molecule has 0 saturated heterocycles. The van der Waals surface area contributed by atoms with Crippen LogP contribution in [0.1, 0.15) is 5.69 Å². The van der Waals surface area contributed by atoms with Crippen LogP contribution in [0.25, 0.3) is 22.6 Å². The van der Waals surface area contributed by atoms with Crippen LogP contribution in [0.15, 0.2) is 73.1 Å². The quantitative estimate of drug-likeness (QED) is 0.523. The second-order valence-electron chi connectivity index (χ2n) is 6.11. The topological polar surface area (TPSA) is 60.0 Å². The lowest BCUT2D eigenvalue weighted by atomic mass is 10.1. The molecule has 0 radical (unpaired) electrons. The van der Waals surface area contributed by atoms with Gasteiger partial charge in [0, 0.05) is 29.6 Å². The lowest BCUT2D eigenvalue weighted by Crippen LogP contribution is -1.98. The molecule has 0 atom stereocenters. The molecule has 6 heteroatoms. The van der Waals surface area contributed by atoms with Crippen LogP contribution < -0.4 is 9.47 Å². The standard InChI is InChI=1S/C22H18FN3O2/c1-27-21-12-18(28-14-17-4-2-3-11-24-17)9-10-19(21)20-13-25-22(26-20)15-5-7-16(23)8-6-15/h2-13H,14H2,1H3,(H,25,26). The molecule has 0 spiro atoms. The second-order valence-corrected chi connectivity index (χ2v) is 6.11. The fourth-order valence-electron chi connectivity index (χ4n) is 2.83. The molecule has 0 aliphatic rings. The molecule has 28 heavy (non-hydrogen) atoms. The fourth-order valence-corrected chi connectivity index (χ4v) is 2.83. The summed E-state index contributed by atoms with van der Waals surface area (Å²) in [7, 11) is 1.61. The highest BCUT2D eigenvalue weighted by molar-refractivity contribution is 5.70. The van der Waals surface area contributed by atoms with Crippen LogP contribution >= 0.6 is 0 Å². The van der Waals surface area contributed by atoms with Gasteiger partial charge in [-0.15, -0.1) is 0 Å². The molecule has 140 valence electrons. The Morgan fingerprint density at radius 1 is 1.04 bits per heavy atom. The van der Waals surface area contributed by atoms with Crippen LogP contribution in [-0.2, 0) is 6.61 Å². The minimum Gasteiger partial charge on any atom is -0.496 e. The number of ether oxygens (including phenoxy) is 2. The van der Waals surface area contributed by atoms with Crippen molar-refractivity contribution in [3.8, 4) is 34.1 Å². The van der Waals surface area contributed by atoms with Crippen molar-refractivity contribution in [3.05, 3.63) is 84.6 Å². The van der Waals surface area contributed by atoms with Gasteiger partial charge in [-0.2, -0.15) is 0 Å². The van der Waals surface area contributed by atoms with Crippen molar-refractivity contribution < 1.29 is 13.9 Å². The number of hydrogen-bond donors (Lipinski definition) is 1. The molecule has 4 rings (SSSR count). The highest BCUT2D eigenvalue weighted by Crippen LogP contribution is 2.33. The first kappa shape index (κ1) is 17.7. The minimum atomic E-state index is -0.279. The largest absolute Gasteiger partial charge is 0.496 e. The molecule has 1 N–H and O–H groups in total. The third-order valence-corrected chi connectivity index (χ3v) is 4.26. The molecule has 2 heterocycles. The number of imidazole rings is 1. The normalized spacial score (nSPS) is 10.6. The molecule has 0 bridgehead atoms. The summed E-state index contributed by atoms with van der Waals surface area (Å²) in [6.07, 6.45) is 3.53. The Bertz CT molecular complexity index is 1060. The highest BCUT2D eigenvalue weighted by Gasteiger charge is 2.12. The maximum absolute atomic E-state index is 13.1. The molecule has 0 fully saturated rings. The van der Waals surface area contributed by atoms with Crippen molar-refractivity contribution >= 4 is 0 Å². The van der Waals surface area contributed by atoms with Gasteiger partial charge in [-0.1, -0.05) is 6.07 Å². The number of H-pyrrole nitrogens is 1. The summed E-state index contributed by atoms with van der Waals surface area (Å²) >= 11 is 0. The number of nitrogens with one attached hydrogen (secondary N) is 1. The number of aromatic nitrogens is 3. The molecule has 2 aromatic heterocycles. The van der Waals surface area contributed by atoms with Gasteiger partial charge in [0.1, 0.15) is 29.7 Å². The lowest BCUT2D eigenvalue weighted by molar-refractivity contribution is 0.299. The molecule has 2 aromatic carbocycles. The van der Waals surface area contributed by atoms with Crippen molar-refractivity contribution in [1.29, 1.82) is 0 Å². The average Bonchev–Trinajstić information content (AvgIpc) is 3.23. The van der Waals surface area contributed by atoms with E-state index < -0.39 is 0 Å². The van der Waals surface area contributed by atoms with E-state index in [0.717, 1.165) is 22.5 Å². The van der Waals surface area contributed by atoms with E-state index in [0.29, 0.717) is 23.9 Å². The Morgan fingerprint density at radius 2 is 1.89 bits per heavy atom. The molecule has 0 amide bonds. The number of rotatable bonds is 6. The first-order chi connectivity index (χ1) is 13.7. The van der Waals surface area contributed by atoms with Crippen LogP contribution in [0.5, 0.6) is 11.5 Å². The van der Waals surface area contributed by atoms with Gasteiger partial charge in [0.05, 0.1) is 18.5 Å². The van der Waals surface area contributed by atoms with Crippen LogP contribution in [0.4, 0.5) is 4.39 Å². The van der Waals surface area contributed by atoms with Gasteiger partial charge >= 0.3 is 0 Å². The van der Waals surface area contributed by atoms with E-state index >= 15 is 0 Å². The van der Waals surface area contributed by atoms with E-state index in [4.69, 9.17) is 9.47 Å². The predicted octanol–water partition coefficient (Wildman–Crippen LogP) is 4.87. The van der Waals surface area contributed by atoms with Crippen molar-refractivity contribution in [1.82, 2.24) is 15.0 Å². The molecular weight excluding hydrogens is 357 g/mol. The van der Waals surface area contributed by atoms with Crippen molar-refractivity contribution in [2.45, 2.75) is 6.61 Å². The maximum Gasteiger partial charge on any atom is 0.138 e. The van der Waals surface area contributed by atoms with Gasteiger partial charge in [0.25, 0.3) is 0 Å². The van der Waals surface area contributed by atoms with Crippen LogP contribution in [-0.4, -0.2) is 22.1 Å². The van der Waals surface area contributed by atoms with E-state index in [1.807, 2.05) is 36.4 Å². The number of pyridine rings is 1. The smallest absolute Gasteiger partial charge is 0.138 e. The number of benzene rings is 2. The van der Waals surface area contributed by atoms with Gasteiger partial charge in [-0.05, 0) is 48.5 Å². The zero-order valence-corrected chi connectivity index (χ0v) is 15.2. The first-order valence-corrected chi connectivity index (χ1v) is 8.75. The monoisotopic (exact) mass is 375 g/mol. The fraction of sp³-hybridized carbons (Fsp3) is 0.0909. The summed E-state index contributed by atoms with van der Waals surface area (Å²) < 4.78 is 24.4. The van der Waals surface area contributed by atoms with E-state index in [1.165, 1.54) is 12.1 Å². The summed E-state index contributed by atoms with van der Waals surface area (Å²) in [6, 6.07) is 17.5. The zero-order chi connectivity index (χ0) is 19.3. The molecule has 0 aliphatic carbocycles. The van der Waals surface area contributed by atoms with Gasteiger partial charge in [-0.3, -0.25) is 4.98 Å². The molecule has 5 nitrogen and oxygen atoms in total. The van der Waals surface area contributed by atoms with Crippen molar-refractivity contribution in [2.75, 3.05) is 7.11 Å². The van der Waals surface area contributed by atoms with E-state index in [9.17, 15) is 4.39 Å². The van der Waals surface area contributed by atoms with Gasteiger partial charge < -0.3 is 14.5 Å². The molecular formula is C22H18FN3O2. The Labute approximate surface area is 161 Å². The molecule has 0 saturated carbocycles. The third-order valence-electron chi connectivity index (χ3n) is 4.26. The zero-order valence-electron chi connectivity index (χ0n) is 15.2. The Kier molecular flexibility index (Phi) is 5.01. The Morgan fingerprint density at radius 3 is 2.64 bits per heavy atom. The summed E-state index contributed by atoms with van der Waals surface area (Å²) in [5, 5.41) is 0. The molecule has 4 aromatic rings. The predicted molar refractivity (Wildman–Crippen MR) is 105 cm³/mol. The number of halogens is 1. The van der Waals surface area contributed by atoms with Gasteiger partial charge in [-0.25, -0.2) is 9.37 Å². The van der Waals surface area contributed by atoms with E-state index in [1.54, 1.807) is 31.6 Å². The van der Waals surface area contributed by atoms with E-state index in [2.05, 4.69) is 15.0 Å². The minimum absolute atomic E-state index is 0.279. The van der Waals surface area contributed by atoms with Crippen LogP contribution in [0, 0.1) is 5.82 Å². The highest BCUT2D eigenvalue weighted by atomic mass is 19.1. The van der Waals surface area contributed by atoms with Crippen LogP contribution in [0.2, 0.25) is 0 Å². The van der Waals surface area contributed by atoms with Gasteiger partial charge in [0.15, 0.2) is 0 Å². The maximum atomic E-state index is 13.1. The summed E-state index contributed by atoms with van der Waals surface area (Å²) in [6.45, 7) is 0.375. The SMILES string of the molecule is COc1cc(OCc2ccccn2)ccc1-c1c[nH]c(-c2ccc(F)cc2)n1. The number of aromatic amines is 1. The second kappa shape index (κ2) is 7.92. The summed E-state index contributed by atoms with van der Waals surface area (Å²) in [4.78, 5) is 12.0. The third kappa shape index (κ3) is 3.86. The number of nitrogens with zero attached hydrogens (tertiary/aromatic N) is 2. The molecule has 0 aliphatic heterocycles. The summed E-state index contributed by atoms with van der Waals surface area (Å²) in [5.74, 6) is 1.71. The first-order valence-electron chi connectivity index (χ1n) is 8.75. The van der Waals surface area contributed by atoms with Crippen molar-refractivity contribution in [3.63, 3.8) is 0 Å². The van der Waals surface area contributed by atoms with Gasteiger partial charge in [0.2, 0.25) is 0 Å². The van der Waals surface area contributed by atoms with Crippen molar-refractivity contribution in [2.24, 2.45) is 0 Å². The lowest BCUT2D eigenvalue weighted by Gasteiger charge is -2.10. The Balaban J connectivity index is 1.55. The Hall–Kier alpha value is -3.67. The number of hydrogen-bond acceptors (Lipinski definition) is 4. The van der Waals surface area contributed by atoms with E-state index in [-0.39, 0.29) is 5.82 Å². The number of methoxy groups -OCH3 is 1. The molecule has 0 unspecified atom stereocenters. The van der Waals surface area contributed by atoms with Crippen LogP contribution in [0.3, 0.4) is 0 Å².